The second-order valence-electron chi connectivity index (χ2n) is 4.00. The van der Waals surface area contributed by atoms with Crippen LogP contribution in [0.2, 0.25) is 0 Å². The summed E-state index contributed by atoms with van der Waals surface area (Å²) in [6, 6.07) is 0. The van der Waals surface area contributed by atoms with Crippen LogP contribution < -0.4 is 0 Å². The van der Waals surface area contributed by atoms with Crippen molar-refractivity contribution in [1.29, 1.82) is 0 Å². The average Bonchev–Trinajstić information content (AvgIpc) is 1.85. The number of nitrogens with zero attached hydrogens (tertiary/aromatic N) is 1. The first-order chi connectivity index (χ1) is 5.72. The average molecular weight is 426 g/mol. The molecule has 0 fully saturated rings. The maximum atomic E-state index is 3.77. The SMILES string of the molecule is CCN(CC)C([Se])=[Se].[CH2-]C(C)(C)C.[Cd]. The van der Waals surface area contributed by atoms with Gasteiger partial charge >= 0.3 is 66.9 Å². The normalized spacial score (nSPS) is 9.29. The summed E-state index contributed by atoms with van der Waals surface area (Å²) in [6.07, 6.45) is 0. The van der Waals surface area contributed by atoms with Gasteiger partial charge in [0, 0.05) is 27.3 Å². The standard InChI is InChI=1S/C5H10NSe2.C5H11.Cd/c1-3-6(4-2)5(7)8;1-5(2,3)4;/h3-4H2,1-2H3;1H2,2-4H3;/q;-1;. The Morgan fingerprint density at radius 1 is 1.21 bits per heavy atom. The molecule has 1 nitrogen and oxygen atoms in total. The first-order valence-corrected chi connectivity index (χ1v) is 6.25. The summed E-state index contributed by atoms with van der Waals surface area (Å²) in [7, 11) is 0. The summed E-state index contributed by atoms with van der Waals surface area (Å²) in [4.78, 5) is 2.22. The van der Waals surface area contributed by atoms with Crippen molar-refractivity contribution in [2.45, 2.75) is 34.6 Å². The smallest absolute Gasteiger partial charge is 0 e. The number of rotatable bonds is 3. The van der Waals surface area contributed by atoms with E-state index in [-0.39, 0.29) is 32.7 Å². The fourth-order valence-electron chi connectivity index (χ4n) is 0.482. The van der Waals surface area contributed by atoms with E-state index in [2.05, 4.69) is 78.0 Å². The second kappa shape index (κ2) is 11.1. The van der Waals surface area contributed by atoms with Crippen LogP contribution in [0.3, 0.4) is 0 Å². The van der Waals surface area contributed by atoms with Gasteiger partial charge in [0.1, 0.15) is 0 Å². The molecule has 0 aromatic rings. The van der Waals surface area contributed by atoms with Gasteiger partial charge < -0.3 is 6.92 Å². The molecule has 0 bridgehead atoms. The molecule has 0 saturated heterocycles. The van der Waals surface area contributed by atoms with Gasteiger partial charge in [-0.2, -0.15) is 5.41 Å². The van der Waals surface area contributed by atoms with Crippen molar-refractivity contribution in [3.05, 3.63) is 6.92 Å². The van der Waals surface area contributed by atoms with E-state index in [1.165, 1.54) is 0 Å². The summed E-state index contributed by atoms with van der Waals surface area (Å²) in [5.74, 6) is 0. The van der Waals surface area contributed by atoms with Gasteiger partial charge in [0.05, 0.1) is 0 Å². The van der Waals surface area contributed by atoms with Crippen LogP contribution in [0.5, 0.6) is 0 Å². The molecule has 81 valence electrons. The molecule has 0 spiro atoms. The molecule has 0 atom stereocenters. The molecule has 0 N–H and O–H groups in total. The van der Waals surface area contributed by atoms with Crippen LogP contribution >= 0.6 is 0 Å². The van der Waals surface area contributed by atoms with Crippen molar-refractivity contribution in [1.82, 2.24) is 4.90 Å². The fourth-order valence-corrected chi connectivity index (χ4v) is 1.57. The number of hydrogen-bond donors (Lipinski definition) is 0. The van der Waals surface area contributed by atoms with Crippen LogP contribution in [-0.2, 0) is 27.3 Å². The van der Waals surface area contributed by atoms with Gasteiger partial charge in [-0.05, 0) is 0 Å². The van der Waals surface area contributed by atoms with Crippen molar-refractivity contribution in [3.63, 3.8) is 0 Å². The van der Waals surface area contributed by atoms with Crippen molar-refractivity contribution in [2.24, 2.45) is 5.41 Å². The van der Waals surface area contributed by atoms with Crippen molar-refractivity contribution in [3.8, 4) is 0 Å². The van der Waals surface area contributed by atoms with Crippen molar-refractivity contribution < 1.29 is 27.3 Å². The first-order valence-electron chi connectivity index (χ1n) is 4.53. The molecule has 0 aromatic carbocycles. The van der Waals surface area contributed by atoms with E-state index in [9.17, 15) is 0 Å². The van der Waals surface area contributed by atoms with Gasteiger partial charge in [0.25, 0.3) is 0 Å². The Kier molecular flexibility index (Phi) is 16.7. The third-order valence-electron chi connectivity index (χ3n) is 1.02. The molecule has 0 saturated carbocycles. The predicted octanol–water partition coefficient (Wildman–Crippen LogP) is 1.62. The van der Waals surface area contributed by atoms with E-state index in [1.807, 2.05) is 0 Å². The molecule has 0 aliphatic heterocycles. The fraction of sp³-hybridized carbons (Fsp3) is 0.800. The van der Waals surface area contributed by atoms with Gasteiger partial charge in [-0.15, -0.1) is 0 Å². The summed E-state index contributed by atoms with van der Waals surface area (Å²) in [6.45, 7) is 16.4. The van der Waals surface area contributed by atoms with Crippen LogP contribution in [0.4, 0.5) is 0 Å². The minimum atomic E-state index is 0. The van der Waals surface area contributed by atoms with Crippen LogP contribution in [0.1, 0.15) is 34.6 Å². The molecule has 14 heavy (non-hydrogen) atoms. The molecule has 0 rings (SSSR count). The summed E-state index contributed by atoms with van der Waals surface area (Å²) in [5.41, 5.74) is 0.250. The van der Waals surface area contributed by atoms with Gasteiger partial charge in [-0.25, -0.2) is 0 Å². The summed E-state index contributed by atoms with van der Waals surface area (Å²) in [5, 5.41) is 0. The van der Waals surface area contributed by atoms with Crippen LogP contribution in [0, 0.1) is 12.3 Å². The Morgan fingerprint density at radius 3 is 1.43 bits per heavy atom. The van der Waals surface area contributed by atoms with Gasteiger partial charge in [0.2, 0.25) is 0 Å². The van der Waals surface area contributed by atoms with E-state index in [1.54, 1.807) is 0 Å². The zero-order chi connectivity index (χ0) is 11.1. The van der Waals surface area contributed by atoms with E-state index < -0.39 is 0 Å². The Bertz CT molecular complexity index is 134. The van der Waals surface area contributed by atoms with Crippen molar-refractivity contribution in [2.75, 3.05) is 13.1 Å². The van der Waals surface area contributed by atoms with Gasteiger partial charge in [-0.1, -0.05) is 20.8 Å². The molecule has 0 aliphatic carbocycles. The van der Waals surface area contributed by atoms with Crippen molar-refractivity contribution >= 4 is 35.0 Å². The topological polar surface area (TPSA) is 3.24 Å². The van der Waals surface area contributed by atoms with Gasteiger partial charge in [0.15, 0.2) is 0 Å². The Morgan fingerprint density at radius 2 is 1.43 bits per heavy atom. The molecule has 0 amide bonds. The molecule has 0 heterocycles. The molecule has 0 aliphatic rings. The van der Waals surface area contributed by atoms with E-state index >= 15 is 0 Å². The molecule has 1 radical (unpaired) electrons. The maximum Gasteiger partial charge on any atom is 0 e. The van der Waals surface area contributed by atoms with Crippen LogP contribution in [0.15, 0.2) is 0 Å². The maximum absolute atomic E-state index is 3.77. The predicted molar refractivity (Wildman–Crippen MR) is 64.2 cm³/mol. The van der Waals surface area contributed by atoms with Crippen LogP contribution in [0.25, 0.3) is 0 Å². The minimum Gasteiger partial charge on any atom is -0.338 e. The third kappa shape index (κ3) is 23.4. The minimum absolute atomic E-state index is 0. The molecular formula is C10H21CdNSe2-. The van der Waals surface area contributed by atoms with E-state index in [4.69, 9.17) is 0 Å². The van der Waals surface area contributed by atoms with Gasteiger partial charge in [-0.3, -0.25) is 0 Å². The van der Waals surface area contributed by atoms with E-state index in [0.717, 1.165) is 16.5 Å². The largest absolute Gasteiger partial charge is 0.338 e. The summed E-state index contributed by atoms with van der Waals surface area (Å²) < 4.78 is 1.16. The molecule has 0 unspecified atom stereocenters. The zero-order valence-electron chi connectivity index (χ0n) is 10.1. The first kappa shape index (κ1) is 21.0. The monoisotopic (exact) mass is 429 g/mol. The summed E-state index contributed by atoms with van der Waals surface area (Å²) >= 11 is 5.86. The zero-order valence-corrected chi connectivity index (χ0v) is 17.6. The Hall–Kier alpha value is 1.63. The Balaban J connectivity index is -0.000000177. The third-order valence-corrected chi connectivity index (χ3v) is 2.11. The number of hydrogen-bond acceptors (Lipinski definition) is 1. The molecule has 4 heteroatoms. The van der Waals surface area contributed by atoms with E-state index in [0.29, 0.717) is 0 Å². The molecular weight excluding hydrogens is 404 g/mol. The van der Waals surface area contributed by atoms with Crippen LogP contribution in [-0.4, -0.2) is 53.0 Å². The quantitative estimate of drug-likeness (QED) is 0.491. The molecule has 0 aromatic heterocycles. The second-order valence-corrected chi connectivity index (χ2v) is 6.93. The Labute approximate surface area is 126 Å².